The van der Waals surface area contributed by atoms with Gasteiger partial charge in [-0.25, -0.2) is 0 Å². The number of hydrogen-bond donors (Lipinski definition) is 1. The van der Waals surface area contributed by atoms with E-state index in [0.717, 1.165) is 6.42 Å². The van der Waals surface area contributed by atoms with Gasteiger partial charge in [0, 0.05) is 20.1 Å². The van der Waals surface area contributed by atoms with E-state index in [1.807, 2.05) is 0 Å². The van der Waals surface area contributed by atoms with Crippen LogP contribution in [-0.4, -0.2) is 41.1 Å². The molecule has 1 aromatic rings. The molecule has 0 radical (unpaired) electrons. The molecule has 0 saturated carbocycles. The van der Waals surface area contributed by atoms with E-state index in [0.29, 0.717) is 23.5 Å². The molecule has 0 fully saturated rings. The maximum atomic E-state index is 11.6. The third-order valence-corrected chi connectivity index (χ3v) is 3.16. The Kier molecular flexibility index (Phi) is 5.07. The monoisotopic (exact) mass is 250 g/mol. The average molecular weight is 250 g/mol. The van der Waals surface area contributed by atoms with Gasteiger partial charge in [0.25, 0.3) is 5.91 Å². The van der Waals surface area contributed by atoms with Gasteiger partial charge in [0.2, 0.25) is 0 Å². The van der Waals surface area contributed by atoms with E-state index in [9.17, 15) is 4.79 Å². The molecular weight excluding hydrogens is 228 g/mol. The first-order valence-electron chi connectivity index (χ1n) is 6.27. The van der Waals surface area contributed by atoms with E-state index >= 15 is 0 Å². The summed E-state index contributed by atoms with van der Waals surface area (Å²) in [6.45, 7) is 6.47. The number of nitrogens with one attached hydrogen (secondary N) is 1. The smallest absolute Gasteiger partial charge is 0.273 e. The van der Waals surface area contributed by atoms with Crippen LogP contribution < -0.4 is 5.32 Å². The first-order valence-corrected chi connectivity index (χ1v) is 6.27. The summed E-state index contributed by atoms with van der Waals surface area (Å²) in [4.78, 5) is 13.1. The van der Waals surface area contributed by atoms with Crippen molar-refractivity contribution in [2.45, 2.75) is 33.2 Å². The van der Waals surface area contributed by atoms with Crippen molar-refractivity contribution < 1.29 is 4.79 Å². The number of carbonyl (C=O) groups is 1. The fourth-order valence-electron chi connectivity index (χ4n) is 1.48. The molecule has 18 heavy (non-hydrogen) atoms. The van der Waals surface area contributed by atoms with Gasteiger partial charge in [0.05, 0.1) is 0 Å². The SMILES string of the molecule is CCC(C)C(C)Nc1ccc(C(=O)N(C)C)nn1. The Bertz CT molecular complexity index is 388. The van der Waals surface area contributed by atoms with Gasteiger partial charge in [-0.2, -0.15) is 0 Å². The van der Waals surface area contributed by atoms with E-state index in [-0.39, 0.29) is 5.91 Å². The Labute approximate surface area is 109 Å². The van der Waals surface area contributed by atoms with Crippen LogP contribution in [0.25, 0.3) is 0 Å². The van der Waals surface area contributed by atoms with Crippen LogP contribution in [0.4, 0.5) is 5.82 Å². The lowest BCUT2D eigenvalue weighted by Crippen LogP contribution is -2.25. The molecule has 1 rings (SSSR count). The van der Waals surface area contributed by atoms with Crippen molar-refractivity contribution >= 4 is 11.7 Å². The van der Waals surface area contributed by atoms with Crippen molar-refractivity contribution in [1.82, 2.24) is 15.1 Å². The summed E-state index contributed by atoms with van der Waals surface area (Å²) >= 11 is 0. The number of rotatable bonds is 5. The highest BCUT2D eigenvalue weighted by molar-refractivity contribution is 5.91. The van der Waals surface area contributed by atoms with Gasteiger partial charge in [-0.3, -0.25) is 4.79 Å². The molecule has 0 aliphatic rings. The van der Waals surface area contributed by atoms with Crippen molar-refractivity contribution in [3.05, 3.63) is 17.8 Å². The van der Waals surface area contributed by atoms with E-state index in [2.05, 4.69) is 36.3 Å². The van der Waals surface area contributed by atoms with E-state index in [4.69, 9.17) is 0 Å². The van der Waals surface area contributed by atoms with Gasteiger partial charge in [-0.15, -0.1) is 10.2 Å². The molecule has 1 aromatic heterocycles. The summed E-state index contributed by atoms with van der Waals surface area (Å²) in [5.74, 6) is 1.14. The average Bonchev–Trinajstić information content (AvgIpc) is 2.37. The van der Waals surface area contributed by atoms with Crippen molar-refractivity contribution in [2.75, 3.05) is 19.4 Å². The molecule has 0 bridgehead atoms. The summed E-state index contributed by atoms with van der Waals surface area (Å²) in [5, 5.41) is 11.3. The first-order chi connectivity index (χ1) is 8.45. The molecule has 2 unspecified atom stereocenters. The maximum absolute atomic E-state index is 11.6. The number of carbonyl (C=O) groups excluding carboxylic acids is 1. The Morgan fingerprint density at radius 3 is 2.44 bits per heavy atom. The highest BCUT2D eigenvalue weighted by Crippen LogP contribution is 2.12. The number of anilines is 1. The second-order valence-electron chi connectivity index (χ2n) is 4.82. The largest absolute Gasteiger partial charge is 0.366 e. The van der Waals surface area contributed by atoms with Crippen LogP contribution in [0.5, 0.6) is 0 Å². The fraction of sp³-hybridized carbons (Fsp3) is 0.615. The van der Waals surface area contributed by atoms with Gasteiger partial charge in [-0.1, -0.05) is 20.3 Å². The van der Waals surface area contributed by atoms with Gasteiger partial charge in [0.15, 0.2) is 5.69 Å². The summed E-state index contributed by atoms with van der Waals surface area (Å²) in [7, 11) is 3.39. The van der Waals surface area contributed by atoms with Crippen LogP contribution in [0.2, 0.25) is 0 Å². The standard InChI is InChI=1S/C13H22N4O/c1-6-9(2)10(3)14-12-8-7-11(15-16-12)13(18)17(4)5/h7-10H,6H2,1-5H3,(H,14,16). The molecule has 100 valence electrons. The molecule has 0 aliphatic carbocycles. The first kappa shape index (κ1) is 14.4. The summed E-state index contributed by atoms with van der Waals surface area (Å²) < 4.78 is 0. The lowest BCUT2D eigenvalue weighted by Gasteiger charge is -2.20. The maximum Gasteiger partial charge on any atom is 0.273 e. The van der Waals surface area contributed by atoms with Crippen LogP contribution in [0.15, 0.2) is 12.1 Å². The second-order valence-corrected chi connectivity index (χ2v) is 4.82. The van der Waals surface area contributed by atoms with Crippen LogP contribution in [-0.2, 0) is 0 Å². The number of amides is 1. The number of hydrogen-bond acceptors (Lipinski definition) is 4. The molecule has 1 amide bonds. The minimum atomic E-state index is -0.135. The van der Waals surface area contributed by atoms with Gasteiger partial charge in [-0.05, 0) is 25.0 Å². The van der Waals surface area contributed by atoms with Crippen molar-refractivity contribution in [1.29, 1.82) is 0 Å². The highest BCUT2D eigenvalue weighted by atomic mass is 16.2. The molecule has 0 saturated heterocycles. The molecule has 0 aromatic carbocycles. The lowest BCUT2D eigenvalue weighted by atomic mass is 10.0. The summed E-state index contributed by atoms with van der Waals surface area (Å²) in [6.07, 6.45) is 1.11. The van der Waals surface area contributed by atoms with E-state index in [1.54, 1.807) is 26.2 Å². The van der Waals surface area contributed by atoms with Crippen LogP contribution >= 0.6 is 0 Å². The molecule has 5 heteroatoms. The van der Waals surface area contributed by atoms with Crippen molar-refractivity contribution in [2.24, 2.45) is 5.92 Å². The Morgan fingerprint density at radius 1 is 1.33 bits per heavy atom. The molecule has 0 aliphatic heterocycles. The Hall–Kier alpha value is -1.65. The molecular formula is C13H22N4O. The number of aromatic nitrogens is 2. The van der Waals surface area contributed by atoms with Gasteiger partial charge >= 0.3 is 0 Å². The molecule has 0 spiro atoms. The van der Waals surface area contributed by atoms with Crippen LogP contribution in [0, 0.1) is 5.92 Å². The lowest BCUT2D eigenvalue weighted by molar-refractivity contribution is 0.0821. The molecule has 1 N–H and O–H groups in total. The van der Waals surface area contributed by atoms with Crippen LogP contribution in [0.1, 0.15) is 37.7 Å². The molecule has 5 nitrogen and oxygen atoms in total. The predicted octanol–water partition coefficient (Wildman–Crippen LogP) is 2.02. The minimum absolute atomic E-state index is 0.135. The zero-order chi connectivity index (χ0) is 13.7. The van der Waals surface area contributed by atoms with Gasteiger partial charge in [0.1, 0.15) is 5.82 Å². The van der Waals surface area contributed by atoms with Crippen LogP contribution in [0.3, 0.4) is 0 Å². The molecule has 2 atom stereocenters. The Balaban J connectivity index is 2.69. The highest BCUT2D eigenvalue weighted by Gasteiger charge is 2.13. The third-order valence-electron chi connectivity index (χ3n) is 3.16. The zero-order valence-electron chi connectivity index (χ0n) is 11.8. The van der Waals surface area contributed by atoms with Crippen molar-refractivity contribution in [3.63, 3.8) is 0 Å². The topological polar surface area (TPSA) is 58.1 Å². The van der Waals surface area contributed by atoms with E-state index in [1.165, 1.54) is 4.90 Å². The van der Waals surface area contributed by atoms with E-state index < -0.39 is 0 Å². The Morgan fingerprint density at radius 2 is 2.00 bits per heavy atom. The van der Waals surface area contributed by atoms with Crippen molar-refractivity contribution in [3.8, 4) is 0 Å². The fourth-order valence-corrected chi connectivity index (χ4v) is 1.48. The summed E-state index contributed by atoms with van der Waals surface area (Å²) in [6, 6.07) is 3.82. The molecule has 1 heterocycles. The second kappa shape index (κ2) is 6.33. The predicted molar refractivity (Wildman–Crippen MR) is 72.6 cm³/mol. The zero-order valence-corrected chi connectivity index (χ0v) is 11.8. The number of nitrogens with zero attached hydrogens (tertiary/aromatic N) is 3. The van der Waals surface area contributed by atoms with Gasteiger partial charge < -0.3 is 10.2 Å². The third kappa shape index (κ3) is 3.68. The quantitative estimate of drug-likeness (QED) is 0.868. The summed E-state index contributed by atoms with van der Waals surface area (Å²) in [5.41, 5.74) is 0.363. The minimum Gasteiger partial charge on any atom is -0.366 e. The normalized spacial score (nSPS) is 13.8.